The lowest BCUT2D eigenvalue weighted by molar-refractivity contribution is 0.217. The lowest BCUT2D eigenvalue weighted by Gasteiger charge is -2.15. The van der Waals surface area contributed by atoms with E-state index in [4.69, 9.17) is 0 Å². The molecule has 0 radical (unpaired) electrons. The van der Waals surface area contributed by atoms with Crippen LogP contribution in [0.1, 0.15) is 26.7 Å². The predicted octanol–water partition coefficient (Wildman–Crippen LogP) is 1.28. The molecule has 0 rings (SSSR count). The number of urea groups is 1. The van der Waals surface area contributed by atoms with Crippen molar-refractivity contribution < 1.29 is 4.79 Å². The van der Waals surface area contributed by atoms with E-state index < -0.39 is 0 Å². The Hall–Kier alpha value is -0.770. The van der Waals surface area contributed by atoms with Gasteiger partial charge in [-0.15, -0.1) is 0 Å². The molecule has 2 N–H and O–H groups in total. The van der Waals surface area contributed by atoms with E-state index in [0.29, 0.717) is 6.54 Å². The van der Waals surface area contributed by atoms with E-state index in [2.05, 4.69) is 24.5 Å². The molecule has 0 heterocycles. The van der Waals surface area contributed by atoms with Crippen LogP contribution in [0.25, 0.3) is 0 Å². The van der Waals surface area contributed by atoms with Crippen LogP contribution in [0.15, 0.2) is 0 Å². The highest BCUT2D eigenvalue weighted by molar-refractivity contribution is 5.73. The van der Waals surface area contributed by atoms with Crippen LogP contribution in [0.3, 0.4) is 0 Å². The topological polar surface area (TPSA) is 44.4 Å². The molecule has 0 aliphatic carbocycles. The first-order chi connectivity index (χ1) is 7.11. The number of amides is 2. The van der Waals surface area contributed by atoms with Crippen LogP contribution < -0.4 is 10.6 Å². The van der Waals surface area contributed by atoms with E-state index >= 15 is 0 Å². The largest absolute Gasteiger partial charge is 0.337 e. The Balaban J connectivity index is 3.35. The molecule has 4 heteroatoms. The van der Waals surface area contributed by atoms with E-state index in [1.807, 2.05) is 0 Å². The van der Waals surface area contributed by atoms with Gasteiger partial charge in [-0.05, 0) is 12.5 Å². The SMILES string of the molecule is CCC(CC)CNCCNC(=O)N(C)C. The van der Waals surface area contributed by atoms with Gasteiger partial charge in [-0.3, -0.25) is 0 Å². The van der Waals surface area contributed by atoms with Gasteiger partial charge in [-0.1, -0.05) is 26.7 Å². The molecule has 0 aliphatic rings. The molecule has 15 heavy (non-hydrogen) atoms. The number of carbonyl (C=O) groups is 1. The first-order valence-corrected chi connectivity index (χ1v) is 5.77. The molecule has 90 valence electrons. The third-order valence-corrected chi connectivity index (χ3v) is 2.57. The average Bonchev–Trinajstić information content (AvgIpc) is 2.23. The number of nitrogens with one attached hydrogen (secondary N) is 2. The fourth-order valence-electron chi connectivity index (χ4n) is 1.30. The van der Waals surface area contributed by atoms with Gasteiger partial charge in [-0.25, -0.2) is 4.79 Å². The summed E-state index contributed by atoms with van der Waals surface area (Å²) in [6, 6.07) is -0.0284. The van der Waals surface area contributed by atoms with Crippen LogP contribution in [0.5, 0.6) is 0 Å². The second kappa shape index (κ2) is 8.53. The number of hydrogen-bond acceptors (Lipinski definition) is 2. The number of nitrogens with zero attached hydrogens (tertiary/aromatic N) is 1. The van der Waals surface area contributed by atoms with Gasteiger partial charge in [0.1, 0.15) is 0 Å². The van der Waals surface area contributed by atoms with Gasteiger partial charge in [0.05, 0.1) is 0 Å². The van der Waals surface area contributed by atoms with E-state index in [0.717, 1.165) is 19.0 Å². The van der Waals surface area contributed by atoms with Gasteiger partial charge in [0.25, 0.3) is 0 Å². The van der Waals surface area contributed by atoms with Crippen molar-refractivity contribution in [3.8, 4) is 0 Å². The number of rotatable bonds is 7. The summed E-state index contributed by atoms with van der Waals surface area (Å²) in [5.41, 5.74) is 0. The van der Waals surface area contributed by atoms with E-state index in [9.17, 15) is 4.79 Å². The summed E-state index contributed by atoms with van der Waals surface area (Å²) in [5, 5.41) is 6.16. The van der Waals surface area contributed by atoms with E-state index in [-0.39, 0.29) is 6.03 Å². The van der Waals surface area contributed by atoms with Crippen LogP contribution in [-0.4, -0.2) is 44.7 Å². The summed E-state index contributed by atoms with van der Waals surface area (Å²) in [6.45, 7) is 7.01. The molecule has 0 saturated heterocycles. The first-order valence-electron chi connectivity index (χ1n) is 5.77. The first kappa shape index (κ1) is 14.2. The summed E-state index contributed by atoms with van der Waals surface area (Å²) < 4.78 is 0. The number of carbonyl (C=O) groups excluding carboxylic acids is 1. The molecule has 0 saturated carbocycles. The van der Waals surface area contributed by atoms with Crippen molar-refractivity contribution >= 4 is 6.03 Å². The molecular weight excluding hydrogens is 190 g/mol. The van der Waals surface area contributed by atoms with Crippen molar-refractivity contribution in [3.63, 3.8) is 0 Å². The molecule has 0 aromatic rings. The van der Waals surface area contributed by atoms with E-state index in [1.54, 1.807) is 19.0 Å². The second-order valence-corrected chi connectivity index (χ2v) is 4.01. The fourth-order valence-corrected chi connectivity index (χ4v) is 1.30. The van der Waals surface area contributed by atoms with Gasteiger partial charge in [0.15, 0.2) is 0 Å². The molecule has 0 fully saturated rings. The Kier molecular flexibility index (Phi) is 8.09. The molecule has 0 aromatic heterocycles. The van der Waals surface area contributed by atoms with Crippen LogP contribution >= 0.6 is 0 Å². The Morgan fingerprint density at radius 3 is 2.27 bits per heavy atom. The molecule has 0 spiro atoms. The van der Waals surface area contributed by atoms with Crippen molar-refractivity contribution in [2.45, 2.75) is 26.7 Å². The fraction of sp³-hybridized carbons (Fsp3) is 0.909. The highest BCUT2D eigenvalue weighted by atomic mass is 16.2. The number of hydrogen-bond donors (Lipinski definition) is 2. The van der Waals surface area contributed by atoms with Crippen molar-refractivity contribution in [1.82, 2.24) is 15.5 Å². The Labute approximate surface area is 93.4 Å². The molecule has 0 unspecified atom stereocenters. The van der Waals surface area contributed by atoms with Gasteiger partial charge < -0.3 is 15.5 Å². The van der Waals surface area contributed by atoms with Crippen molar-refractivity contribution in [1.29, 1.82) is 0 Å². The zero-order valence-electron chi connectivity index (χ0n) is 10.5. The molecule has 0 aliphatic heterocycles. The van der Waals surface area contributed by atoms with E-state index in [1.165, 1.54) is 12.8 Å². The lowest BCUT2D eigenvalue weighted by Crippen LogP contribution is -2.39. The maximum Gasteiger partial charge on any atom is 0.316 e. The van der Waals surface area contributed by atoms with Crippen molar-refractivity contribution in [2.75, 3.05) is 33.7 Å². The molecule has 0 bridgehead atoms. The smallest absolute Gasteiger partial charge is 0.316 e. The second-order valence-electron chi connectivity index (χ2n) is 4.01. The monoisotopic (exact) mass is 215 g/mol. The minimum Gasteiger partial charge on any atom is -0.337 e. The van der Waals surface area contributed by atoms with Crippen LogP contribution in [0.4, 0.5) is 4.79 Å². The summed E-state index contributed by atoms with van der Waals surface area (Å²) in [6.07, 6.45) is 2.43. The maximum absolute atomic E-state index is 11.1. The van der Waals surface area contributed by atoms with Gasteiger partial charge in [-0.2, -0.15) is 0 Å². The van der Waals surface area contributed by atoms with Crippen molar-refractivity contribution in [3.05, 3.63) is 0 Å². The predicted molar refractivity (Wildman–Crippen MR) is 64.0 cm³/mol. The highest BCUT2D eigenvalue weighted by Crippen LogP contribution is 2.04. The van der Waals surface area contributed by atoms with Crippen LogP contribution in [-0.2, 0) is 0 Å². The third-order valence-electron chi connectivity index (χ3n) is 2.57. The average molecular weight is 215 g/mol. The van der Waals surface area contributed by atoms with Gasteiger partial charge in [0, 0.05) is 27.2 Å². The summed E-state index contributed by atoms with van der Waals surface area (Å²) in [4.78, 5) is 12.7. The summed E-state index contributed by atoms with van der Waals surface area (Å²) in [7, 11) is 3.49. The molecule has 4 nitrogen and oxygen atoms in total. The third kappa shape index (κ3) is 7.19. The minimum atomic E-state index is -0.0284. The quantitative estimate of drug-likeness (QED) is 0.628. The van der Waals surface area contributed by atoms with Crippen LogP contribution in [0.2, 0.25) is 0 Å². The normalized spacial score (nSPS) is 10.5. The molecular formula is C11H25N3O. The lowest BCUT2D eigenvalue weighted by atomic mass is 10.0. The molecule has 0 atom stereocenters. The van der Waals surface area contributed by atoms with Gasteiger partial charge in [0.2, 0.25) is 0 Å². The van der Waals surface area contributed by atoms with Crippen molar-refractivity contribution in [2.24, 2.45) is 5.92 Å². The highest BCUT2D eigenvalue weighted by Gasteiger charge is 2.03. The Bertz CT molecular complexity index is 167. The standard InChI is InChI=1S/C11H25N3O/c1-5-10(6-2)9-12-7-8-13-11(15)14(3)4/h10,12H,5-9H2,1-4H3,(H,13,15). The summed E-state index contributed by atoms with van der Waals surface area (Å²) in [5.74, 6) is 0.759. The van der Waals surface area contributed by atoms with Crippen LogP contribution in [0, 0.1) is 5.92 Å². The minimum absolute atomic E-state index is 0.0284. The Morgan fingerprint density at radius 1 is 1.20 bits per heavy atom. The maximum atomic E-state index is 11.1. The molecule has 0 aromatic carbocycles. The zero-order chi connectivity index (χ0) is 11.7. The zero-order valence-corrected chi connectivity index (χ0v) is 10.5. The van der Waals surface area contributed by atoms with Gasteiger partial charge >= 0.3 is 6.03 Å². The molecule has 2 amide bonds. The Morgan fingerprint density at radius 2 is 1.80 bits per heavy atom. The summed E-state index contributed by atoms with van der Waals surface area (Å²) >= 11 is 0.